The third kappa shape index (κ3) is 3.40. The zero-order chi connectivity index (χ0) is 12.5. The number of carboxylic acid groups (broad SMARTS) is 1. The second-order valence-corrected chi connectivity index (χ2v) is 9.55. The minimum Gasteiger partial charge on any atom is -0.544 e. The van der Waals surface area contributed by atoms with Gasteiger partial charge in [0, 0.05) is 5.02 Å². The van der Waals surface area contributed by atoms with Crippen LogP contribution in [0.1, 0.15) is 10.4 Å². The van der Waals surface area contributed by atoms with Gasteiger partial charge in [-0.1, -0.05) is 23.2 Å². The number of rotatable bonds is 3. The fourth-order valence-corrected chi connectivity index (χ4v) is 2.54. The number of benzene rings is 1. The molecule has 0 saturated heterocycles. The molecule has 0 amide bonds. The summed E-state index contributed by atoms with van der Waals surface area (Å²) in [5, 5.41) is 9.50. The molecule has 0 saturated carbocycles. The Bertz CT molecular complexity index is 427. The lowest BCUT2D eigenvalue weighted by Gasteiger charge is -2.21. The molecule has 0 spiro atoms. The van der Waals surface area contributed by atoms with Crippen LogP contribution in [0, 0.1) is 0 Å². The van der Waals surface area contributed by atoms with Gasteiger partial charge < -0.3 is 9.53 Å². The van der Waals surface area contributed by atoms with E-state index in [0.717, 1.165) is 0 Å². The lowest BCUT2D eigenvalue weighted by Crippen LogP contribution is -2.30. The van der Waals surface area contributed by atoms with Crippen LogP contribution in [0.5, 0.6) is 5.75 Å². The number of hydrogen-bond donors (Lipinski definition) is 1. The molecular formula is C10H12Cl2O3Si. The summed E-state index contributed by atoms with van der Waals surface area (Å²) in [5.74, 6) is -0.876. The maximum atomic E-state index is 11.0. The maximum Gasteiger partial charge on any atom is 0.340 e. The fraction of sp³-hybridized carbons (Fsp3) is 0.300. The molecule has 16 heavy (non-hydrogen) atoms. The van der Waals surface area contributed by atoms with Crippen molar-refractivity contribution in [3.63, 3.8) is 0 Å². The first-order chi connectivity index (χ1) is 7.20. The second kappa shape index (κ2) is 4.65. The number of hydrogen-bond acceptors (Lipinski definition) is 2. The molecular weight excluding hydrogens is 267 g/mol. The molecule has 0 aliphatic carbocycles. The van der Waals surface area contributed by atoms with Crippen LogP contribution in [0.3, 0.4) is 0 Å². The van der Waals surface area contributed by atoms with Crippen molar-refractivity contribution in [3.05, 3.63) is 27.7 Å². The van der Waals surface area contributed by atoms with Crippen LogP contribution in [0.25, 0.3) is 0 Å². The normalized spacial score (nSPS) is 11.3. The Morgan fingerprint density at radius 1 is 1.31 bits per heavy atom. The first-order valence-corrected chi connectivity index (χ1v) is 8.78. The second-order valence-electron chi connectivity index (χ2n) is 4.28. The highest BCUT2D eigenvalue weighted by Crippen LogP contribution is 2.32. The van der Waals surface area contributed by atoms with Gasteiger partial charge in [0.15, 0.2) is 0 Å². The minimum atomic E-state index is -1.90. The summed E-state index contributed by atoms with van der Waals surface area (Å²) in [4.78, 5) is 11.0. The quantitative estimate of drug-likeness (QED) is 0.853. The average molecular weight is 279 g/mol. The molecule has 0 atom stereocenters. The van der Waals surface area contributed by atoms with Crippen molar-refractivity contribution in [1.82, 2.24) is 0 Å². The smallest absolute Gasteiger partial charge is 0.340 e. The van der Waals surface area contributed by atoms with Crippen molar-refractivity contribution in [2.45, 2.75) is 19.6 Å². The van der Waals surface area contributed by atoms with Gasteiger partial charge in [0.05, 0.1) is 5.02 Å². The van der Waals surface area contributed by atoms with Crippen molar-refractivity contribution in [2.75, 3.05) is 0 Å². The highest BCUT2D eigenvalue weighted by molar-refractivity contribution is 6.70. The number of carboxylic acids is 1. The zero-order valence-corrected chi connectivity index (χ0v) is 11.7. The minimum absolute atomic E-state index is 0.0338. The molecule has 0 fully saturated rings. The summed E-state index contributed by atoms with van der Waals surface area (Å²) in [7, 11) is -1.90. The predicted molar refractivity (Wildman–Crippen MR) is 67.4 cm³/mol. The van der Waals surface area contributed by atoms with E-state index in [4.69, 9.17) is 32.7 Å². The summed E-state index contributed by atoms with van der Waals surface area (Å²) in [5.41, 5.74) is -0.0338. The molecule has 0 heterocycles. The Hall–Kier alpha value is -0.713. The molecule has 1 rings (SSSR count). The van der Waals surface area contributed by atoms with Gasteiger partial charge in [-0.25, -0.2) is 4.79 Å². The summed E-state index contributed by atoms with van der Waals surface area (Å²) >= 11 is 11.6. The van der Waals surface area contributed by atoms with E-state index >= 15 is 0 Å². The molecule has 6 heteroatoms. The largest absolute Gasteiger partial charge is 0.544 e. The van der Waals surface area contributed by atoms with Gasteiger partial charge in [-0.05, 0) is 31.8 Å². The molecule has 0 bridgehead atoms. The topological polar surface area (TPSA) is 46.5 Å². The Kier molecular flexibility index (Phi) is 3.88. The van der Waals surface area contributed by atoms with Crippen LogP contribution in [-0.4, -0.2) is 19.4 Å². The van der Waals surface area contributed by atoms with Crippen molar-refractivity contribution in [1.29, 1.82) is 0 Å². The highest BCUT2D eigenvalue weighted by atomic mass is 35.5. The van der Waals surface area contributed by atoms with Gasteiger partial charge in [-0.15, -0.1) is 0 Å². The molecule has 1 N–H and O–H groups in total. The highest BCUT2D eigenvalue weighted by Gasteiger charge is 2.23. The van der Waals surface area contributed by atoms with Crippen LogP contribution in [0.15, 0.2) is 12.1 Å². The van der Waals surface area contributed by atoms with Crippen molar-refractivity contribution < 1.29 is 14.3 Å². The molecule has 1 aromatic carbocycles. The van der Waals surface area contributed by atoms with E-state index in [0.29, 0.717) is 5.02 Å². The molecule has 0 aliphatic rings. The molecule has 0 aromatic heterocycles. The van der Waals surface area contributed by atoms with Gasteiger partial charge in [0.25, 0.3) is 0 Å². The third-order valence-electron chi connectivity index (χ3n) is 1.65. The van der Waals surface area contributed by atoms with Gasteiger partial charge in [0.1, 0.15) is 11.3 Å². The summed E-state index contributed by atoms with van der Waals surface area (Å²) in [6, 6.07) is 2.87. The van der Waals surface area contributed by atoms with Crippen molar-refractivity contribution in [3.8, 4) is 5.75 Å². The van der Waals surface area contributed by atoms with E-state index in [1.807, 2.05) is 19.6 Å². The van der Waals surface area contributed by atoms with Crippen LogP contribution < -0.4 is 4.43 Å². The summed E-state index contributed by atoms with van der Waals surface area (Å²) < 4.78 is 5.64. The first-order valence-electron chi connectivity index (χ1n) is 4.62. The third-order valence-corrected chi connectivity index (χ3v) is 3.00. The summed E-state index contributed by atoms with van der Waals surface area (Å²) in [6.45, 7) is 5.86. The summed E-state index contributed by atoms with van der Waals surface area (Å²) in [6.07, 6.45) is 0. The van der Waals surface area contributed by atoms with Crippen LogP contribution >= 0.6 is 23.2 Å². The molecule has 3 nitrogen and oxygen atoms in total. The predicted octanol–water partition coefficient (Wildman–Crippen LogP) is 3.91. The standard InChI is InChI=1S/C10H12Cl2O3Si/c1-16(2,3)15-8-5-6(11)4-7(12)9(8)10(13)14/h4-5H,1-3H3,(H,13,14). The Labute approximate surface area is 105 Å². The monoisotopic (exact) mass is 278 g/mol. The number of aromatic carboxylic acids is 1. The molecule has 88 valence electrons. The number of carbonyl (C=O) groups is 1. The van der Waals surface area contributed by atoms with Crippen LogP contribution in [0.4, 0.5) is 0 Å². The van der Waals surface area contributed by atoms with Crippen LogP contribution in [-0.2, 0) is 0 Å². The molecule has 1 aromatic rings. The average Bonchev–Trinajstić information content (AvgIpc) is 1.96. The molecule has 0 unspecified atom stereocenters. The van der Waals surface area contributed by atoms with E-state index in [9.17, 15) is 4.79 Å². The van der Waals surface area contributed by atoms with Gasteiger partial charge in [-0.3, -0.25) is 0 Å². The Morgan fingerprint density at radius 2 is 1.88 bits per heavy atom. The van der Waals surface area contributed by atoms with Gasteiger partial charge in [0.2, 0.25) is 8.32 Å². The van der Waals surface area contributed by atoms with Gasteiger partial charge in [-0.2, -0.15) is 0 Å². The lowest BCUT2D eigenvalue weighted by atomic mass is 10.2. The van der Waals surface area contributed by atoms with Crippen molar-refractivity contribution >= 4 is 37.5 Å². The SMILES string of the molecule is C[Si](C)(C)Oc1cc(Cl)cc(Cl)c1C(=O)O. The van der Waals surface area contributed by atoms with Gasteiger partial charge >= 0.3 is 5.97 Å². The van der Waals surface area contributed by atoms with Crippen molar-refractivity contribution in [2.24, 2.45) is 0 Å². The Balaban J connectivity index is 3.30. The maximum absolute atomic E-state index is 11.0. The molecule has 0 aliphatic heterocycles. The van der Waals surface area contributed by atoms with E-state index < -0.39 is 14.3 Å². The van der Waals surface area contributed by atoms with E-state index in [2.05, 4.69) is 0 Å². The number of halogens is 2. The molecule has 0 radical (unpaired) electrons. The Morgan fingerprint density at radius 3 is 2.31 bits per heavy atom. The fourth-order valence-electron chi connectivity index (χ4n) is 1.17. The van der Waals surface area contributed by atoms with E-state index in [1.165, 1.54) is 12.1 Å². The zero-order valence-electron chi connectivity index (χ0n) is 9.17. The first kappa shape index (κ1) is 13.4. The van der Waals surface area contributed by atoms with Crippen LogP contribution in [0.2, 0.25) is 29.7 Å². The van der Waals surface area contributed by atoms with E-state index in [1.54, 1.807) is 0 Å². The lowest BCUT2D eigenvalue weighted by molar-refractivity contribution is 0.0695. The van der Waals surface area contributed by atoms with E-state index in [-0.39, 0.29) is 16.3 Å².